The van der Waals surface area contributed by atoms with Crippen molar-refractivity contribution in [2.75, 3.05) is 6.61 Å². The summed E-state index contributed by atoms with van der Waals surface area (Å²) in [7, 11) is 0. The Morgan fingerprint density at radius 1 is 1.15 bits per heavy atom. The van der Waals surface area contributed by atoms with Crippen molar-refractivity contribution in [3.63, 3.8) is 0 Å². The van der Waals surface area contributed by atoms with Crippen LogP contribution < -0.4 is 5.32 Å². The molecule has 0 saturated heterocycles. The van der Waals surface area contributed by atoms with Crippen LogP contribution in [-0.2, 0) is 6.54 Å². The van der Waals surface area contributed by atoms with Crippen LogP contribution in [0, 0.1) is 13.8 Å². The lowest BCUT2D eigenvalue weighted by atomic mass is 10.0. The fourth-order valence-electron chi connectivity index (χ4n) is 2.89. The Labute approximate surface area is 159 Å². The number of hydrogen-bond acceptors (Lipinski definition) is 3. The van der Waals surface area contributed by atoms with Crippen molar-refractivity contribution >= 4 is 5.91 Å². The summed E-state index contributed by atoms with van der Waals surface area (Å²) < 4.78 is 1.79. The normalized spacial score (nSPS) is 12.0. The number of benzene rings is 2. The monoisotopic (exact) mass is 363 g/mol. The van der Waals surface area contributed by atoms with E-state index in [0.29, 0.717) is 17.8 Å². The largest absolute Gasteiger partial charge is 0.394 e. The highest BCUT2D eigenvalue weighted by molar-refractivity contribution is 6.00. The molecule has 0 fully saturated rings. The van der Waals surface area contributed by atoms with Gasteiger partial charge in [0.2, 0.25) is 0 Å². The van der Waals surface area contributed by atoms with Gasteiger partial charge in [0.05, 0.1) is 18.7 Å². The highest BCUT2D eigenvalue weighted by Gasteiger charge is 2.19. The van der Waals surface area contributed by atoms with Crippen molar-refractivity contribution in [3.8, 4) is 11.3 Å². The summed E-state index contributed by atoms with van der Waals surface area (Å²) in [6, 6.07) is 15.8. The molecule has 0 aliphatic rings. The number of carbonyl (C=O) groups excluding carboxylic acids is 1. The molecule has 2 aromatic carbocycles. The van der Waals surface area contributed by atoms with E-state index in [1.54, 1.807) is 17.8 Å². The molecule has 1 amide bonds. The Morgan fingerprint density at radius 2 is 1.89 bits per heavy atom. The highest BCUT2D eigenvalue weighted by Crippen LogP contribution is 2.25. The first kappa shape index (κ1) is 18.9. The van der Waals surface area contributed by atoms with Gasteiger partial charge in [0, 0.05) is 17.8 Å². The minimum Gasteiger partial charge on any atom is -0.394 e. The molecule has 5 heteroatoms. The molecule has 5 nitrogen and oxygen atoms in total. The molecular weight excluding hydrogens is 338 g/mol. The molecule has 1 unspecified atom stereocenters. The lowest BCUT2D eigenvalue weighted by Crippen LogP contribution is -2.35. The molecule has 2 N–H and O–H groups in total. The molecule has 3 rings (SSSR count). The van der Waals surface area contributed by atoms with E-state index in [0.717, 1.165) is 16.7 Å². The SMILES string of the molecule is Cc1ccc(-c2nn(Cc3ccccc3)cc2C(=O)NC(C)CO)cc1C. The van der Waals surface area contributed by atoms with Crippen molar-refractivity contribution in [2.45, 2.75) is 33.4 Å². The zero-order chi connectivity index (χ0) is 19.4. The van der Waals surface area contributed by atoms with Crippen LogP contribution in [0.15, 0.2) is 54.7 Å². The molecule has 0 aliphatic heterocycles. The van der Waals surface area contributed by atoms with Crippen molar-refractivity contribution in [1.29, 1.82) is 0 Å². The second-order valence-corrected chi connectivity index (χ2v) is 6.93. The molecule has 0 bridgehead atoms. The molecule has 1 aromatic heterocycles. The van der Waals surface area contributed by atoms with Gasteiger partial charge in [-0.3, -0.25) is 9.48 Å². The predicted molar refractivity (Wildman–Crippen MR) is 107 cm³/mol. The zero-order valence-corrected chi connectivity index (χ0v) is 15.9. The molecule has 0 radical (unpaired) electrons. The Morgan fingerprint density at radius 3 is 2.56 bits per heavy atom. The second-order valence-electron chi connectivity index (χ2n) is 6.93. The lowest BCUT2D eigenvalue weighted by Gasteiger charge is -2.11. The summed E-state index contributed by atoms with van der Waals surface area (Å²) >= 11 is 0. The Hall–Kier alpha value is -2.92. The third-order valence-electron chi connectivity index (χ3n) is 4.63. The topological polar surface area (TPSA) is 67.2 Å². The van der Waals surface area contributed by atoms with Crippen LogP contribution in [0.4, 0.5) is 0 Å². The van der Waals surface area contributed by atoms with Gasteiger partial charge in [-0.2, -0.15) is 5.10 Å². The average Bonchev–Trinajstić information content (AvgIpc) is 3.08. The first-order chi connectivity index (χ1) is 13.0. The van der Waals surface area contributed by atoms with Crippen LogP contribution >= 0.6 is 0 Å². The molecule has 140 valence electrons. The summed E-state index contributed by atoms with van der Waals surface area (Å²) in [4.78, 5) is 12.8. The zero-order valence-electron chi connectivity index (χ0n) is 15.9. The molecule has 27 heavy (non-hydrogen) atoms. The van der Waals surface area contributed by atoms with Gasteiger partial charge in [-0.25, -0.2) is 0 Å². The number of nitrogens with one attached hydrogen (secondary N) is 1. The van der Waals surface area contributed by atoms with Crippen LogP contribution in [0.1, 0.15) is 34.0 Å². The van der Waals surface area contributed by atoms with Gasteiger partial charge >= 0.3 is 0 Å². The number of amides is 1. The molecule has 1 atom stereocenters. The van der Waals surface area contributed by atoms with Crippen LogP contribution in [0.25, 0.3) is 11.3 Å². The molecule has 0 spiro atoms. The van der Waals surface area contributed by atoms with Gasteiger partial charge in [-0.05, 0) is 43.5 Å². The summed E-state index contributed by atoms with van der Waals surface area (Å²) in [5.41, 5.74) is 5.53. The van der Waals surface area contributed by atoms with E-state index in [9.17, 15) is 9.90 Å². The fraction of sp³-hybridized carbons (Fsp3) is 0.273. The molecule has 0 saturated carbocycles. The maximum Gasteiger partial charge on any atom is 0.255 e. The maximum absolute atomic E-state index is 12.8. The quantitative estimate of drug-likeness (QED) is 0.706. The van der Waals surface area contributed by atoms with E-state index in [1.165, 1.54) is 5.56 Å². The van der Waals surface area contributed by atoms with Crippen LogP contribution in [-0.4, -0.2) is 33.4 Å². The van der Waals surface area contributed by atoms with Gasteiger partial charge in [-0.15, -0.1) is 0 Å². The smallest absolute Gasteiger partial charge is 0.255 e. The second kappa shape index (κ2) is 8.18. The Bertz CT molecular complexity index is 932. The predicted octanol–water partition coefficient (Wildman–Crippen LogP) is 3.33. The molecular formula is C22H25N3O2. The van der Waals surface area contributed by atoms with Gasteiger partial charge in [-0.1, -0.05) is 42.5 Å². The Balaban J connectivity index is 2.00. The number of aromatic nitrogens is 2. The van der Waals surface area contributed by atoms with E-state index >= 15 is 0 Å². The summed E-state index contributed by atoms with van der Waals surface area (Å²) in [6.45, 7) is 6.35. The van der Waals surface area contributed by atoms with Gasteiger partial charge in [0.25, 0.3) is 5.91 Å². The average molecular weight is 363 g/mol. The van der Waals surface area contributed by atoms with Crippen LogP contribution in [0.2, 0.25) is 0 Å². The third-order valence-corrected chi connectivity index (χ3v) is 4.63. The number of aliphatic hydroxyl groups is 1. The van der Waals surface area contributed by atoms with Crippen molar-refractivity contribution < 1.29 is 9.90 Å². The van der Waals surface area contributed by atoms with Crippen LogP contribution in [0.3, 0.4) is 0 Å². The molecule has 0 aliphatic carbocycles. The first-order valence-electron chi connectivity index (χ1n) is 9.08. The van der Waals surface area contributed by atoms with E-state index in [-0.39, 0.29) is 18.6 Å². The van der Waals surface area contributed by atoms with Crippen LogP contribution in [0.5, 0.6) is 0 Å². The Kier molecular flexibility index (Phi) is 5.72. The van der Waals surface area contributed by atoms with Gasteiger partial charge in [0.1, 0.15) is 5.69 Å². The fourth-order valence-corrected chi connectivity index (χ4v) is 2.89. The number of nitrogens with zero attached hydrogens (tertiary/aromatic N) is 2. The van der Waals surface area contributed by atoms with E-state index in [1.807, 2.05) is 49.4 Å². The third kappa shape index (κ3) is 4.44. The van der Waals surface area contributed by atoms with Crippen molar-refractivity contribution in [2.24, 2.45) is 0 Å². The van der Waals surface area contributed by atoms with E-state index < -0.39 is 0 Å². The van der Waals surface area contributed by atoms with Crippen molar-refractivity contribution in [1.82, 2.24) is 15.1 Å². The minimum atomic E-state index is -0.317. The number of rotatable bonds is 6. The number of aryl methyl sites for hydroxylation is 2. The molecule has 1 heterocycles. The number of aliphatic hydroxyl groups excluding tert-OH is 1. The summed E-state index contributed by atoms with van der Waals surface area (Å²) in [6.07, 6.45) is 1.77. The summed E-state index contributed by atoms with van der Waals surface area (Å²) in [5.74, 6) is -0.232. The maximum atomic E-state index is 12.8. The van der Waals surface area contributed by atoms with E-state index in [4.69, 9.17) is 5.10 Å². The number of carbonyl (C=O) groups is 1. The highest BCUT2D eigenvalue weighted by atomic mass is 16.3. The first-order valence-corrected chi connectivity index (χ1v) is 9.08. The van der Waals surface area contributed by atoms with E-state index in [2.05, 4.69) is 18.3 Å². The molecule has 3 aromatic rings. The minimum absolute atomic E-state index is 0.108. The van der Waals surface area contributed by atoms with Gasteiger partial charge < -0.3 is 10.4 Å². The summed E-state index contributed by atoms with van der Waals surface area (Å²) in [5, 5.41) is 16.8. The van der Waals surface area contributed by atoms with Crippen molar-refractivity contribution in [3.05, 3.63) is 77.0 Å². The lowest BCUT2D eigenvalue weighted by molar-refractivity contribution is 0.0923. The van der Waals surface area contributed by atoms with Gasteiger partial charge in [0.15, 0.2) is 0 Å². The standard InChI is InChI=1S/C22H25N3O2/c1-15-9-10-19(11-16(15)2)21-20(22(27)23-17(3)14-26)13-25(24-21)12-18-7-5-4-6-8-18/h4-11,13,17,26H,12,14H2,1-3H3,(H,23,27). The number of hydrogen-bond donors (Lipinski definition) is 2.